The van der Waals surface area contributed by atoms with E-state index in [0.717, 1.165) is 63.1 Å². The van der Waals surface area contributed by atoms with Crippen molar-refractivity contribution >= 4 is 10.9 Å². The van der Waals surface area contributed by atoms with E-state index < -0.39 is 5.82 Å². The Morgan fingerprint density at radius 1 is 1.12 bits per heavy atom. The number of hydrogen-bond acceptors (Lipinski definition) is 5. The number of rotatable bonds is 6. The summed E-state index contributed by atoms with van der Waals surface area (Å²) >= 11 is 0. The van der Waals surface area contributed by atoms with E-state index in [2.05, 4.69) is 14.8 Å². The van der Waals surface area contributed by atoms with Gasteiger partial charge in [0.25, 0.3) is 0 Å². The van der Waals surface area contributed by atoms with Crippen LogP contribution in [0, 0.1) is 5.82 Å². The number of piperazine rings is 1. The normalized spacial score (nSPS) is 16.8. The molecule has 3 rings (SSSR count). The van der Waals surface area contributed by atoms with Gasteiger partial charge in [-0.25, -0.2) is 4.39 Å². The number of aromatic hydroxyl groups is 1. The van der Waals surface area contributed by atoms with Crippen LogP contribution in [0.3, 0.4) is 0 Å². The zero-order valence-electron chi connectivity index (χ0n) is 13.8. The number of phenols is 1. The molecule has 1 aliphatic heterocycles. The molecule has 0 radical (unpaired) electrons. The number of benzene rings is 1. The van der Waals surface area contributed by atoms with Gasteiger partial charge in [-0.1, -0.05) is 6.07 Å². The first kappa shape index (κ1) is 17.1. The maximum Gasteiger partial charge on any atom is 0.178 e. The molecule has 0 saturated carbocycles. The summed E-state index contributed by atoms with van der Waals surface area (Å²) in [6, 6.07) is 5.12. The summed E-state index contributed by atoms with van der Waals surface area (Å²) in [4.78, 5) is 8.78. The van der Waals surface area contributed by atoms with E-state index in [0.29, 0.717) is 5.52 Å². The van der Waals surface area contributed by atoms with E-state index in [4.69, 9.17) is 5.11 Å². The third-order valence-electron chi connectivity index (χ3n) is 4.71. The smallest absolute Gasteiger partial charge is 0.178 e. The van der Waals surface area contributed by atoms with Gasteiger partial charge in [0.2, 0.25) is 0 Å². The number of fused-ring (bicyclic) bond motifs is 1. The van der Waals surface area contributed by atoms with Crippen molar-refractivity contribution in [1.82, 2.24) is 14.8 Å². The lowest BCUT2D eigenvalue weighted by Crippen LogP contribution is -2.47. The Morgan fingerprint density at radius 3 is 2.54 bits per heavy atom. The number of aliphatic hydroxyl groups is 1. The molecule has 0 atom stereocenters. The van der Waals surface area contributed by atoms with Crippen LogP contribution < -0.4 is 0 Å². The number of hydrogen-bond donors (Lipinski definition) is 2. The summed E-state index contributed by atoms with van der Waals surface area (Å²) in [5.41, 5.74) is 1.23. The SMILES string of the molecule is OCCN1CCN(CCCc2cc(F)c(O)c3ncccc23)CC1. The second-order valence-electron chi connectivity index (χ2n) is 6.28. The van der Waals surface area contributed by atoms with Crippen LogP contribution >= 0.6 is 0 Å². The second-order valence-corrected chi connectivity index (χ2v) is 6.28. The van der Waals surface area contributed by atoms with Crippen LogP contribution in [0.15, 0.2) is 24.4 Å². The molecular formula is C18H24FN3O2. The van der Waals surface area contributed by atoms with Crippen molar-refractivity contribution in [3.05, 3.63) is 35.8 Å². The van der Waals surface area contributed by atoms with Crippen molar-refractivity contribution in [1.29, 1.82) is 0 Å². The van der Waals surface area contributed by atoms with Crippen molar-refractivity contribution in [2.24, 2.45) is 0 Å². The molecule has 1 aromatic carbocycles. The molecule has 2 aromatic rings. The number of pyridine rings is 1. The Kier molecular flexibility index (Phi) is 5.60. The van der Waals surface area contributed by atoms with Crippen LogP contribution in [0.25, 0.3) is 10.9 Å². The van der Waals surface area contributed by atoms with Gasteiger partial charge >= 0.3 is 0 Å². The highest BCUT2D eigenvalue weighted by atomic mass is 19.1. The van der Waals surface area contributed by atoms with Crippen LogP contribution in [0.1, 0.15) is 12.0 Å². The van der Waals surface area contributed by atoms with Crippen LogP contribution in [-0.2, 0) is 6.42 Å². The molecule has 0 aliphatic carbocycles. The van der Waals surface area contributed by atoms with Gasteiger partial charge in [0.15, 0.2) is 11.6 Å². The van der Waals surface area contributed by atoms with Crippen LogP contribution in [0.5, 0.6) is 5.75 Å². The van der Waals surface area contributed by atoms with Crippen LogP contribution in [-0.4, -0.2) is 70.9 Å². The molecule has 5 nitrogen and oxygen atoms in total. The molecule has 0 amide bonds. The fourth-order valence-electron chi connectivity index (χ4n) is 3.34. The van der Waals surface area contributed by atoms with E-state index in [9.17, 15) is 9.50 Å². The van der Waals surface area contributed by atoms with Gasteiger partial charge < -0.3 is 15.1 Å². The van der Waals surface area contributed by atoms with E-state index >= 15 is 0 Å². The molecule has 1 aromatic heterocycles. The molecule has 0 bridgehead atoms. The van der Waals surface area contributed by atoms with Crippen molar-refractivity contribution in [3.8, 4) is 5.75 Å². The predicted octanol–water partition coefficient (Wildman–Crippen LogP) is 1.62. The Hall–Kier alpha value is -1.76. The summed E-state index contributed by atoms with van der Waals surface area (Å²) in [6.07, 6.45) is 3.27. The lowest BCUT2D eigenvalue weighted by Gasteiger charge is -2.34. The van der Waals surface area contributed by atoms with Gasteiger partial charge in [-0.2, -0.15) is 0 Å². The van der Waals surface area contributed by atoms with Gasteiger partial charge in [0.1, 0.15) is 5.52 Å². The standard InChI is InChI=1S/C18H24FN3O2/c19-16-13-14(15-4-1-5-20-17(15)18(16)24)3-2-6-21-7-9-22(10-8-21)11-12-23/h1,4-5,13,23-24H,2-3,6-12H2. The minimum atomic E-state index is -0.603. The fraction of sp³-hybridized carbons (Fsp3) is 0.500. The number of phenolic OH excluding ortho intramolecular Hbond substituents is 1. The largest absolute Gasteiger partial charge is 0.503 e. The first-order valence-corrected chi connectivity index (χ1v) is 8.49. The molecule has 1 saturated heterocycles. The Balaban J connectivity index is 1.58. The predicted molar refractivity (Wildman–Crippen MR) is 91.7 cm³/mol. The molecule has 0 unspecified atom stereocenters. The summed E-state index contributed by atoms with van der Waals surface area (Å²) in [5, 5.41) is 19.6. The minimum Gasteiger partial charge on any atom is -0.503 e. The topological polar surface area (TPSA) is 59.8 Å². The summed E-state index contributed by atoms with van der Waals surface area (Å²) in [6.45, 7) is 5.92. The zero-order valence-corrected chi connectivity index (χ0v) is 13.8. The molecule has 2 heterocycles. The molecule has 6 heteroatoms. The van der Waals surface area contributed by atoms with Gasteiger partial charge in [0.05, 0.1) is 6.61 Å². The van der Waals surface area contributed by atoms with E-state index in [1.54, 1.807) is 6.20 Å². The third-order valence-corrected chi connectivity index (χ3v) is 4.71. The number of β-amino-alcohol motifs (C(OH)–C–C–N with tert-alkyl or cyclic N) is 1. The monoisotopic (exact) mass is 333 g/mol. The van der Waals surface area contributed by atoms with Gasteiger partial charge in [-0.3, -0.25) is 9.88 Å². The van der Waals surface area contributed by atoms with E-state index in [1.807, 2.05) is 12.1 Å². The zero-order chi connectivity index (χ0) is 16.9. The molecule has 1 aliphatic rings. The molecule has 24 heavy (non-hydrogen) atoms. The van der Waals surface area contributed by atoms with Gasteiger partial charge in [-0.15, -0.1) is 0 Å². The number of aromatic nitrogens is 1. The molecular weight excluding hydrogens is 309 g/mol. The maximum absolute atomic E-state index is 13.9. The van der Waals surface area contributed by atoms with Gasteiger partial charge in [0, 0.05) is 44.3 Å². The Morgan fingerprint density at radius 2 is 1.83 bits per heavy atom. The lowest BCUT2D eigenvalue weighted by atomic mass is 10.0. The fourth-order valence-corrected chi connectivity index (χ4v) is 3.34. The molecule has 2 N–H and O–H groups in total. The van der Waals surface area contributed by atoms with Gasteiger partial charge in [-0.05, 0) is 37.1 Å². The van der Waals surface area contributed by atoms with Crippen molar-refractivity contribution in [2.45, 2.75) is 12.8 Å². The minimum absolute atomic E-state index is 0.216. The molecule has 130 valence electrons. The van der Waals surface area contributed by atoms with Crippen LogP contribution in [0.2, 0.25) is 0 Å². The number of aryl methyl sites for hydroxylation is 1. The number of halogens is 1. The first-order valence-electron chi connectivity index (χ1n) is 8.49. The Bertz CT molecular complexity index is 687. The third kappa shape index (κ3) is 3.83. The summed E-state index contributed by atoms with van der Waals surface area (Å²) < 4.78 is 13.9. The highest BCUT2D eigenvalue weighted by molar-refractivity contribution is 5.87. The first-order chi connectivity index (χ1) is 11.7. The number of nitrogens with zero attached hydrogens (tertiary/aromatic N) is 3. The van der Waals surface area contributed by atoms with Crippen molar-refractivity contribution in [2.75, 3.05) is 45.9 Å². The summed E-state index contributed by atoms with van der Waals surface area (Å²) in [7, 11) is 0. The lowest BCUT2D eigenvalue weighted by molar-refractivity contribution is 0.112. The molecule has 1 fully saturated rings. The summed E-state index contributed by atoms with van der Waals surface area (Å²) in [5.74, 6) is -0.969. The van der Waals surface area contributed by atoms with E-state index in [1.165, 1.54) is 6.07 Å². The quantitative estimate of drug-likeness (QED) is 0.841. The number of aliphatic hydroxyl groups excluding tert-OH is 1. The average Bonchev–Trinajstić information content (AvgIpc) is 2.61. The Labute approximate surface area is 141 Å². The van der Waals surface area contributed by atoms with Crippen molar-refractivity contribution < 1.29 is 14.6 Å². The highest BCUT2D eigenvalue weighted by Crippen LogP contribution is 2.29. The van der Waals surface area contributed by atoms with Crippen molar-refractivity contribution in [3.63, 3.8) is 0 Å². The van der Waals surface area contributed by atoms with E-state index in [-0.39, 0.29) is 12.4 Å². The van der Waals surface area contributed by atoms with Crippen LogP contribution in [0.4, 0.5) is 4.39 Å². The molecule has 0 spiro atoms. The maximum atomic E-state index is 13.9. The highest BCUT2D eigenvalue weighted by Gasteiger charge is 2.16. The second kappa shape index (κ2) is 7.88. The average molecular weight is 333 g/mol.